The molecule has 0 radical (unpaired) electrons. The van der Waals surface area contributed by atoms with Crippen molar-refractivity contribution in [3.05, 3.63) is 24.3 Å². The summed E-state index contributed by atoms with van der Waals surface area (Å²) in [5, 5.41) is 0. The quantitative estimate of drug-likeness (QED) is 0.0262. The van der Waals surface area contributed by atoms with Crippen LogP contribution in [0.2, 0.25) is 0 Å². The van der Waals surface area contributed by atoms with Crippen LogP contribution in [0.1, 0.15) is 329 Å². The molecule has 1 atom stereocenters. The van der Waals surface area contributed by atoms with Gasteiger partial charge in [-0.05, 0) is 64.2 Å². The lowest BCUT2D eigenvalue weighted by atomic mass is 10.0. The van der Waals surface area contributed by atoms with Gasteiger partial charge in [-0.15, -0.1) is 0 Å². The Hall–Kier alpha value is -2.11. The predicted molar refractivity (Wildman–Crippen MR) is 289 cm³/mol. The number of rotatable bonds is 55. The lowest BCUT2D eigenvalue weighted by molar-refractivity contribution is -0.167. The van der Waals surface area contributed by atoms with Crippen molar-refractivity contribution < 1.29 is 28.6 Å². The molecule has 0 heterocycles. The average molecular weight is 944 g/mol. The van der Waals surface area contributed by atoms with Crippen molar-refractivity contribution in [2.75, 3.05) is 13.2 Å². The summed E-state index contributed by atoms with van der Waals surface area (Å²) >= 11 is 0. The summed E-state index contributed by atoms with van der Waals surface area (Å²) in [5.41, 5.74) is 0. The molecule has 0 fully saturated rings. The van der Waals surface area contributed by atoms with E-state index in [1.165, 1.54) is 212 Å². The van der Waals surface area contributed by atoms with E-state index in [0.717, 1.165) is 77.0 Å². The lowest BCUT2D eigenvalue weighted by Gasteiger charge is -2.18. The number of hydrogen-bond acceptors (Lipinski definition) is 6. The van der Waals surface area contributed by atoms with Crippen molar-refractivity contribution in [3.63, 3.8) is 0 Å². The monoisotopic (exact) mass is 943 g/mol. The van der Waals surface area contributed by atoms with E-state index in [-0.39, 0.29) is 31.1 Å². The minimum Gasteiger partial charge on any atom is -0.462 e. The topological polar surface area (TPSA) is 78.9 Å². The summed E-state index contributed by atoms with van der Waals surface area (Å²) in [6.45, 7) is 6.61. The van der Waals surface area contributed by atoms with Gasteiger partial charge in [-0.1, -0.05) is 270 Å². The first-order valence-corrected chi connectivity index (χ1v) is 29.8. The Morgan fingerprint density at radius 3 is 0.806 bits per heavy atom. The number of allylic oxidation sites excluding steroid dienone is 4. The summed E-state index contributed by atoms with van der Waals surface area (Å²) in [5.74, 6) is -0.873. The summed E-state index contributed by atoms with van der Waals surface area (Å²) < 4.78 is 16.8. The molecule has 0 aromatic heterocycles. The van der Waals surface area contributed by atoms with Gasteiger partial charge in [0.2, 0.25) is 0 Å². The molecule has 0 saturated heterocycles. The van der Waals surface area contributed by atoms with Crippen molar-refractivity contribution in [2.45, 2.75) is 335 Å². The molecule has 0 saturated carbocycles. The number of unbranched alkanes of at least 4 members (excludes halogenated alkanes) is 40. The molecule has 0 bridgehead atoms. The highest BCUT2D eigenvalue weighted by Crippen LogP contribution is 2.17. The number of carbonyl (C=O) groups is 3. The first-order chi connectivity index (χ1) is 33.0. The second-order valence-corrected chi connectivity index (χ2v) is 20.3. The number of esters is 3. The summed E-state index contributed by atoms with van der Waals surface area (Å²) in [7, 11) is 0. The van der Waals surface area contributed by atoms with Gasteiger partial charge in [0.25, 0.3) is 0 Å². The molecule has 0 aliphatic carbocycles. The summed E-state index contributed by atoms with van der Waals surface area (Å²) in [6, 6.07) is 0. The molecule has 394 valence electrons. The smallest absolute Gasteiger partial charge is 0.306 e. The molecule has 0 N–H and O–H groups in total. The largest absolute Gasteiger partial charge is 0.462 e. The fraction of sp³-hybridized carbons (Fsp3) is 0.885. The van der Waals surface area contributed by atoms with Gasteiger partial charge in [-0.25, -0.2) is 0 Å². The van der Waals surface area contributed by atoms with Crippen molar-refractivity contribution in [3.8, 4) is 0 Å². The SMILES string of the molecule is CCC/C=C\CCCCCCCC(=O)OCC(COC(=O)CCCCCCCCCCCCCCCCCCCCCCCCC)OC(=O)CCCCCCC/C=C\CCCCCCCCC. The van der Waals surface area contributed by atoms with Gasteiger partial charge >= 0.3 is 17.9 Å². The van der Waals surface area contributed by atoms with Crippen LogP contribution in [0.5, 0.6) is 0 Å². The first-order valence-electron chi connectivity index (χ1n) is 29.8. The number of hydrogen-bond donors (Lipinski definition) is 0. The molecule has 0 amide bonds. The average Bonchev–Trinajstić information content (AvgIpc) is 3.33. The second kappa shape index (κ2) is 56.5. The Balaban J connectivity index is 4.20. The zero-order chi connectivity index (χ0) is 48.6. The Labute approximate surface area is 417 Å². The van der Waals surface area contributed by atoms with Crippen molar-refractivity contribution in [2.24, 2.45) is 0 Å². The second-order valence-electron chi connectivity index (χ2n) is 20.3. The van der Waals surface area contributed by atoms with Crippen LogP contribution in [0.3, 0.4) is 0 Å². The van der Waals surface area contributed by atoms with Gasteiger partial charge < -0.3 is 14.2 Å². The molecular formula is C61H114O6. The molecule has 0 aromatic carbocycles. The van der Waals surface area contributed by atoms with Crippen LogP contribution in [-0.4, -0.2) is 37.2 Å². The van der Waals surface area contributed by atoms with E-state index in [4.69, 9.17) is 14.2 Å². The highest BCUT2D eigenvalue weighted by Gasteiger charge is 2.19. The van der Waals surface area contributed by atoms with E-state index in [1.807, 2.05) is 0 Å². The van der Waals surface area contributed by atoms with Crippen LogP contribution in [0, 0.1) is 0 Å². The maximum Gasteiger partial charge on any atom is 0.306 e. The van der Waals surface area contributed by atoms with Crippen LogP contribution in [-0.2, 0) is 28.6 Å². The third kappa shape index (κ3) is 54.7. The first kappa shape index (κ1) is 64.9. The minimum atomic E-state index is -0.775. The Morgan fingerprint density at radius 2 is 0.522 bits per heavy atom. The van der Waals surface area contributed by atoms with Gasteiger partial charge in [0.15, 0.2) is 6.10 Å². The number of ether oxygens (including phenoxy) is 3. The Bertz CT molecular complexity index is 1080. The predicted octanol–water partition coefficient (Wildman–Crippen LogP) is 19.9. The van der Waals surface area contributed by atoms with Crippen LogP contribution in [0.4, 0.5) is 0 Å². The number of carbonyl (C=O) groups excluding carboxylic acids is 3. The molecule has 0 aromatic rings. The minimum absolute atomic E-state index is 0.0730. The van der Waals surface area contributed by atoms with E-state index in [9.17, 15) is 14.4 Å². The standard InChI is InChI=1S/C61H114O6/c1-4-7-10-13-16-19-22-24-26-28-29-30-31-32-33-34-36-37-39-42-45-48-51-54-60(63)66-57-58(56-65-59(62)53-50-47-44-41-21-18-15-12-9-6-3)67-61(64)55-52-49-46-43-40-38-35-27-25-23-20-17-14-11-8-5-2/h12,15,27,35,58H,4-11,13-14,16-26,28-34,36-57H2,1-3H3/b15-12-,35-27-. The summed E-state index contributed by atoms with van der Waals surface area (Å²) in [4.78, 5) is 38.1. The lowest BCUT2D eigenvalue weighted by Crippen LogP contribution is -2.30. The molecule has 0 aliphatic rings. The normalized spacial score (nSPS) is 12.1. The van der Waals surface area contributed by atoms with Crippen LogP contribution in [0.25, 0.3) is 0 Å². The molecule has 0 spiro atoms. The van der Waals surface area contributed by atoms with E-state index in [2.05, 4.69) is 45.1 Å². The van der Waals surface area contributed by atoms with Crippen LogP contribution < -0.4 is 0 Å². The van der Waals surface area contributed by atoms with Gasteiger partial charge in [0.05, 0.1) is 0 Å². The highest BCUT2D eigenvalue weighted by molar-refractivity contribution is 5.71. The molecule has 1 unspecified atom stereocenters. The highest BCUT2D eigenvalue weighted by atomic mass is 16.6. The van der Waals surface area contributed by atoms with Gasteiger partial charge in [-0.2, -0.15) is 0 Å². The zero-order valence-electron chi connectivity index (χ0n) is 45.2. The van der Waals surface area contributed by atoms with Gasteiger partial charge in [0.1, 0.15) is 13.2 Å². The molecule has 6 nitrogen and oxygen atoms in total. The summed E-state index contributed by atoms with van der Waals surface area (Å²) in [6.07, 6.45) is 66.2. The van der Waals surface area contributed by atoms with Crippen molar-refractivity contribution in [1.82, 2.24) is 0 Å². The van der Waals surface area contributed by atoms with Crippen molar-refractivity contribution >= 4 is 17.9 Å². The van der Waals surface area contributed by atoms with E-state index in [1.54, 1.807) is 0 Å². The Kier molecular flexibility index (Phi) is 54.7. The van der Waals surface area contributed by atoms with E-state index >= 15 is 0 Å². The molecule has 0 aliphatic heterocycles. The van der Waals surface area contributed by atoms with Gasteiger partial charge in [-0.3, -0.25) is 14.4 Å². The van der Waals surface area contributed by atoms with E-state index < -0.39 is 6.10 Å². The van der Waals surface area contributed by atoms with Crippen molar-refractivity contribution in [1.29, 1.82) is 0 Å². The molecule has 0 rings (SSSR count). The third-order valence-corrected chi connectivity index (χ3v) is 13.4. The zero-order valence-corrected chi connectivity index (χ0v) is 45.2. The fourth-order valence-electron chi connectivity index (χ4n) is 8.91. The van der Waals surface area contributed by atoms with Gasteiger partial charge in [0, 0.05) is 19.3 Å². The van der Waals surface area contributed by atoms with Crippen LogP contribution >= 0.6 is 0 Å². The molecule has 6 heteroatoms. The third-order valence-electron chi connectivity index (χ3n) is 13.4. The molecule has 67 heavy (non-hydrogen) atoms. The fourth-order valence-corrected chi connectivity index (χ4v) is 8.91. The van der Waals surface area contributed by atoms with Crippen LogP contribution in [0.15, 0.2) is 24.3 Å². The van der Waals surface area contributed by atoms with E-state index in [0.29, 0.717) is 19.3 Å². The molecular weight excluding hydrogens is 829 g/mol. The maximum atomic E-state index is 12.8. The maximum absolute atomic E-state index is 12.8. The Morgan fingerprint density at radius 1 is 0.284 bits per heavy atom.